The van der Waals surface area contributed by atoms with E-state index < -0.39 is 6.10 Å². The maximum atomic E-state index is 10.6. The van der Waals surface area contributed by atoms with Gasteiger partial charge in [0.15, 0.2) is 0 Å². The van der Waals surface area contributed by atoms with Crippen molar-refractivity contribution in [3.05, 3.63) is 23.8 Å². The SMILES string of the molecule is COc1cc(OC)cc(C(O)C2CSC(C)C(C)S2)c1. The molecule has 4 atom stereocenters. The Kier molecular flexibility index (Phi) is 5.52. The molecular weight excluding hydrogens is 292 g/mol. The highest BCUT2D eigenvalue weighted by atomic mass is 32.2. The van der Waals surface area contributed by atoms with Crippen molar-refractivity contribution >= 4 is 23.5 Å². The van der Waals surface area contributed by atoms with E-state index in [-0.39, 0.29) is 5.25 Å². The lowest BCUT2D eigenvalue weighted by atomic mass is 10.1. The minimum Gasteiger partial charge on any atom is -0.497 e. The number of benzene rings is 1. The van der Waals surface area contributed by atoms with Crippen LogP contribution in [0.3, 0.4) is 0 Å². The quantitative estimate of drug-likeness (QED) is 0.922. The van der Waals surface area contributed by atoms with Crippen molar-refractivity contribution in [2.75, 3.05) is 20.0 Å². The fraction of sp³-hybridized carbons (Fsp3) is 0.600. The van der Waals surface area contributed by atoms with Crippen LogP contribution in [0.25, 0.3) is 0 Å². The Morgan fingerprint density at radius 2 is 1.70 bits per heavy atom. The number of thioether (sulfide) groups is 2. The first-order chi connectivity index (χ1) is 9.55. The van der Waals surface area contributed by atoms with E-state index in [2.05, 4.69) is 13.8 Å². The molecule has 1 aromatic carbocycles. The zero-order chi connectivity index (χ0) is 14.7. The van der Waals surface area contributed by atoms with E-state index in [0.29, 0.717) is 22.0 Å². The summed E-state index contributed by atoms with van der Waals surface area (Å²) < 4.78 is 10.5. The van der Waals surface area contributed by atoms with Gasteiger partial charge in [0.1, 0.15) is 11.5 Å². The molecule has 1 saturated heterocycles. The minimum atomic E-state index is -0.494. The van der Waals surface area contributed by atoms with Crippen LogP contribution in [0.1, 0.15) is 25.5 Å². The van der Waals surface area contributed by atoms with Gasteiger partial charge < -0.3 is 14.6 Å². The summed E-state index contributed by atoms with van der Waals surface area (Å²) in [5.74, 6) is 2.40. The van der Waals surface area contributed by atoms with Gasteiger partial charge in [-0.3, -0.25) is 0 Å². The van der Waals surface area contributed by atoms with Crippen molar-refractivity contribution in [3.8, 4) is 11.5 Å². The maximum Gasteiger partial charge on any atom is 0.122 e. The molecular formula is C15H22O3S2. The lowest BCUT2D eigenvalue weighted by molar-refractivity contribution is 0.179. The summed E-state index contributed by atoms with van der Waals surface area (Å²) in [7, 11) is 3.25. The van der Waals surface area contributed by atoms with E-state index in [0.717, 1.165) is 11.3 Å². The van der Waals surface area contributed by atoms with E-state index in [1.165, 1.54) is 0 Å². The zero-order valence-corrected chi connectivity index (χ0v) is 14.0. The molecule has 0 aromatic heterocycles. The largest absolute Gasteiger partial charge is 0.497 e. The van der Waals surface area contributed by atoms with Crippen LogP contribution in [0.15, 0.2) is 18.2 Å². The number of ether oxygens (including phenoxy) is 2. The predicted octanol–water partition coefficient (Wildman–Crippen LogP) is 3.36. The Balaban J connectivity index is 2.17. The Morgan fingerprint density at radius 3 is 2.20 bits per heavy atom. The molecule has 1 aliphatic rings. The van der Waals surface area contributed by atoms with E-state index >= 15 is 0 Å². The highest BCUT2D eigenvalue weighted by molar-refractivity contribution is 8.07. The fourth-order valence-corrected chi connectivity index (χ4v) is 5.19. The third kappa shape index (κ3) is 3.57. The first-order valence-electron chi connectivity index (χ1n) is 6.73. The normalized spacial score (nSPS) is 27.9. The predicted molar refractivity (Wildman–Crippen MR) is 87.3 cm³/mol. The highest BCUT2D eigenvalue weighted by Crippen LogP contribution is 2.42. The fourth-order valence-electron chi connectivity index (χ4n) is 2.19. The third-order valence-corrected chi connectivity index (χ3v) is 7.12. The molecule has 1 heterocycles. The number of hydrogen-bond acceptors (Lipinski definition) is 5. The van der Waals surface area contributed by atoms with Crippen LogP contribution in [-0.4, -0.2) is 40.8 Å². The topological polar surface area (TPSA) is 38.7 Å². The van der Waals surface area contributed by atoms with Gasteiger partial charge in [-0.25, -0.2) is 0 Å². The molecule has 0 aliphatic carbocycles. The number of aliphatic hydroxyl groups excluding tert-OH is 1. The smallest absolute Gasteiger partial charge is 0.122 e. The summed E-state index contributed by atoms with van der Waals surface area (Å²) in [6.07, 6.45) is -0.494. The van der Waals surface area contributed by atoms with E-state index in [1.807, 2.05) is 41.7 Å². The maximum absolute atomic E-state index is 10.6. The number of methoxy groups -OCH3 is 2. The summed E-state index contributed by atoms with van der Waals surface area (Å²) in [6.45, 7) is 4.48. The summed E-state index contributed by atoms with van der Waals surface area (Å²) in [6, 6.07) is 5.60. The molecule has 0 radical (unpaired) electrons. The van der Waals surface area contributed by atoms with E-state index in [1.54, 1.807) is 14.2 Å². The van der Waals surface area contributed by atoms with Crippen LogP contribution in [0, 0.1) is 0 Å². The molecule has 1 fully saturated rings. The molecule has 0 bridgehead atoms. The standard InChI is InChI=1S/C15H22O3S2/c1-9-10(2)20-14(8-19-9)15(16)11-5-12(17-3)7-13(6-11)18-4/h5-7,9-10,14-16H,8H2,1-4H3. The molecule has 0 spiro atoms. The van der Waals surface area contributed by atoms with Crippen LogP contribution in [-0.2, 0) is 0 Å². The van der Waals surface area contributed by atoms with Crippen LogP contribution in [0.5, 0.6) is 11.5 Å². The molecule has 1 N–H and O–H groups in total. The van der Waals surface area contributed by atoms with Crippen molar-refractivity contribution in [2.24, 2.45) is 0 Å². The second-order valence-corrected chi connectivity index (χ2v) is 8.04. The molecule has 0 saturated carbocycles. The Morgan fingerprint density at radius 1 is 1.10 bits per heavy atom. The number of aliphatic hydroxyl groups is 1. The van der Waals surface area contributed by atoms with Crippen molar-refractivity contribution in [3.63, 3.8) is 0 Å². The van der Waals surface area contributed by atoms with Crippen molar-refractivity contribution in [1.82, 2.24) is 0 Å². The van der Waals surface area contributed by atoms with E-state index in [9.17, 15) is 5.11 Å². The average molecular weight is 314 g/mol. The lowest BCUT2D eigenvalue weighted by Gasteiger charge is -2.34. The van der Waals surface area contributed by atoms with Gasteiger partial charge in [-0.05, 0) is 17.7 Å². The summed E-state index contributed by atoms with van der Waals surface area (Å²) in [5.41, 5.74) is 0.862. The van der Waals surface area contributed by atoms with Crippen molar-refractivity contribution in [2.45, 2.75) is 35.7 Å². The second-order valence-electron chi connectivity index (χ2n) is 5.01. The van der Waals surface area contributed by atoms with Crippen LogP contribution >= 0.6 is 23.5 Å². The van der Waals surface area contributed by atoms with Gasteiger partial charge in [-0.15, -0.1) is 0 Å². The molecule has 1 aromatic rings. The van der Waals surface area contributed by atoms with Gasteiger partial charge in [0.25, 0.3) is 0 Å². The van der Waals surface area contributed by atoms with Gasteiger partial charge in [0.05, 0.1) is 20.3 Å². The average Bonchev–Trinajstić information content (AvgIpc) is 2.48. The van der Waals surface area contributed by atoms with Gasteiger partial charge in [-0.2, -0.15) is 23.5 Å². The molecule has 5 heteroatoms. The summed E-state index contributed by atoms with van der Waals surface area (Å²) in [4.78, 5) is 0. The van der Waals surface area contributed by atoms with Crippen molar-refractivity contribution in [1.29, 1.82) is 0 Å². The molecule has 112 valence electrons. The Labute approximate surface area is 129 Å². The molecule has 3 nitrogen and oxygen atoms in total. The molecule has 20 heavy (non-hydrogen) atoms. The van der Waals surface area contributed by atoms with Crippen LogP contribution < -0.4 is 9.47 Å². The molecule has 4 unspecified atom stereocenters. The van der Waals surface area contributed by atoms with Crippen LogP contribution in [0.2, 0.25) is 0 Å². The zero-order valence-electron chi connectivity index (χ0n) is 12.3. The first-order valence-corrected chi connectivity index (χ1v) is 8.72. The van der Waals surface area contributed by atoms with Crippen molar-refractivity contribution < 1.29 is 14.6 Å². The minimum absolute atomic E-state index is 0.211. The monoisotopic (exact) mass is 314 g/mol. The third-order valence-electron chi connectivity index (χ3n) is 3.64. The lowest BCUT2D eigenvalue weighted by Crippen LogP contribution is -2.30. The molecule has 0 amide bonds. The second kappa shape index (κ2) is 6.96. The van der Waals surface area contributed by atoms with E-state index in [4.69, 9.17) is 9.47 Å². The van der Waals surface area contributed by atoms with Gasteiger partial charge in [0.2, 0.25) is 0 Å². The number of rotatable bonds is 4. The van der Waals surface area contributed by atoms with Gasteiger partial charge in [0, 0.05) is 27.6 Å². The molecule has 2 rings (SSSR count). The Bertz CT molecular complexity index is 430. The Hall–Kier alpha value is -0.520. The summed E-state index contributed by atoms with van der Waals surface area (Å²) >= 11 is 3.81. The highest BCUT2D eigenvalue weighted by Gasteiger charge is 2.31. The summed E-state index contributed by atoms with van der Waals surface area (Å²) in [5, 5.41) is 12.1. The molecule has 1 aliphatic heterocycles. The number of hydrogen-bond donors (Lipinski definition) is 1. The van der Waals surface area contributed by atoms with Gasteiger partial charge >= 0.3 is 0 Å². The van der Waals surface area contributed by atoms with Crippen LogP contribution in [0.4, 0.5) is 0 Å². The van der Waals surface area contributed by atoms with Gasteiger partial charge in [-0.1, -0.05) is 13.8 Å². The first kappa shape index (κ1) is 15.9.